The van der Waals surface area contributed by atoms with Gasteiger partial charge in [0.25, 0.3) is 5.91 Å². The number of carbonyl (C=O) groups excluding carboxylic acids is 1. The number of aryl methyl sites for hydroxylation is 1. The summed E-state index contributed by atoms with van der Waals surface area (Å²) >= 11 is 0. The van der Waals surface area contributed by atoms with Gasteiger partial charge >= 0.3 is 0 Å². The van der Waals surface area contributed by atoms with E-state index < -0.39 is 0 Å². The van der Waals surface area contributed by atoms with Crippen LogP contribution in [-0.4, -0.2) is 53.1 Å². The van der Waals surface area contributed by atoms with Crippen LogP contribution in [-0.2, 0) is 4.74 Å². The zero-order chi connectivity index (χ0) is 17.2. The second-order valence-electron chi connectivity index (χ2n) is 6.79. The number of nitrogens with one attached hydrogen (secondary N) is 1. The molecule has 1 N–H and O–H groups in total. The van der Waals surface area contributed by atoms with Gasteiger partial charge < -0.3 is 15.0 Å². The molecule has 0 aliphatic carbocycles. The lowest BCUT2D eigenvalue weighted by atomic mass is 9.93. The highest BCUT2D eigenvalue weighted by Crippen LogP contribution is 2.34. The Bertz CT molecular complexity index is 735. The lowest BCUT2D eigenvalue weighted by Crippen LogP contribution is -2.32. The van der Waals surface area contributed by atoms with Crippen molar-refractivity contribution in [1.29, 1.82) is 0 Å². The predicted molar refractivity (Wildman–Crippen MR) is 94.3 cm³/mol. The van der Waals surface area contributed by atoms with Crippen molar-refractivity contribution in [3.05, 3.63) is 54.0 Å². The fraction of sp³-hybridized carbons (Fsp3) is 0.421. The summed E-state index contributed by atoms with van der Waals surface area (Å²) < 4.78 is 5.94. The molecule has 2 saturated heterocycles. The number of hydrogen-bond donors (Lipinski definition) is 1. The van der Waals surface area contributed by atoms with Gasteiger partial charge in [0.1, 0.15) is 5.82 Å². The molecule has 2 fully saturated rings. The van der Waals surface area contributed by atoms with Gasteiger partial charge in [-0.3, -0.25) is 9.78 Å². The number of aromatic nitrogens is 2. The lowest BCUT2D eigenvalue weighted by molar-refractivity contribution is 0.0680. The molecule has 2 aromatic rings. The largest absolute Gasteiger partial charge is 0.376 e. The van der Waals surface area contributed by atoms with Crippen LogP contribution in [0.1, 0.15) is 16.1 Å². The first-order chi connectivity index (χ1) is 12.2. The highest BCUT2D eigenvalue weighted by Gasteiger charge is 2.45. The molecule has 3 atom stereocenters. The Morgan fingerprint density at radius 2 is 2.20 bits per heavy atom. The normalized spacial score (nSPS) is 25.0. The first-order valence-electron chi connectivity index (χ1n) is 8.69. The van der Waals surface area contributed by atoms with E-state index in [1.165, 1.54) is 0 Å². The van der Waals surface area contributed by atoms with Crippen LogP contribution in [0.4, 0.5) is 5.82 Å². The molecule has 0 radical (unpaired) electrons. The highest BCUT2D eigenvalue weighted by atomic mass is 16.5. The van der Waals surface area contributed by atoms with Gasteiger partial charge in [-0.2, -0.15) is 0 Å². The van der Waals surface area contributed by atoms with E-state index in [-0.39, 0.29) is 12.0 Å². The molecule has 25 heavy (non-hydrogen) atoms. The van der Waals surface area contributed by atoms with Gasteiger partial charge in [0.2, 0.25) is 0 Å². The van der Waals surface area contributed by atoms with E-state index in [0.717, 1.165) is 31.2 Å². The fourth-order valence-corrected chi connectivity index (χ4v) is 3.65. The van der Waals surface area contributed by atoms with E-state index in [9.17, 15) is 4.79 Å². The molecule has 1 amide bonds. The van der Waals surface area contributed by atoms with Gasteiger partial charge in [0.15, 0.2) is 0 Å². The summed E-state index contributed by atoms with van der Waals surface area (Å²) in [5.41, 5.74) is 1.56. The van der Waals surface area contributed by atoms with Crippen LogP contribution < -0.4 is 5.32 Å². The molecule has 6 nitrogen and oxygen atoms in total. The van der Waals surface area contributed by atoms with Crippen molar-refractivity contribution >= 4 is 11.7 Å². The smallest absolute Gasteiger partial charge is 0.255 e. The maximum Gasteiger partial charge on any atom is 0.255 e. The van der Waals surface area contributed by atoms with E-state index in [0.29, 0.717) is 23.9 Å². The molecule has 0 spiro atoms. The fourth-order valence-electron chi connectivity index (χ4n) is 3.65. The Hall–Kier alpha value is -2.47. The second kappa shape index (κ2) is 6.80. The monoisotopic (exact) mass is 338 g/mol. The first-order valence-corrected chi connectivity index (χ1v) is 8.69. The van der Waals surface area contributed by atoms with Crippen LogP contribution in [0, 0.1) is 18.8 Å². The zero-order valence-electron chi connectivity index (χ0n) is 14.3. The summed E-state index contributed by atoms with van der Waals surface area (Å²) in [7, 11) is 0. The maximum atomic E-state index is 12.7. The predicted octanol–water partition coefficient (Wildman–Crippen LogP) is 1.98. The summed E-state index contributed by atoms with van der Waals surface area (Å²) in [5.74, 6) is 1.68. The minimum atomic E-state index is 0.0435. The van der Waals surface area contributed by atoms with Gasteiger partial charge in [0.05, 0.1) is 18.3 Å². The minimum absolute atomic E-state index is 0.0435. The molecule has 130 valence electrons. The average Bonchev–Trinajstić information content (AvgIpc) is 3.22. The van der Waals surface area contributed by atoms with Crippen LogP contribution in [0.25, 0.3) is 0 Å². The van der Waals surface area contributed by atoms with E-state index in [1.54, 1.807) is 12.4 Å². The maximum absolute atomic E-state index is 12.7. The number of likely N-dealkylation sites (tertiary alicyclic amines) is 1. The Balaban J connectivity index is 1.37. The lowest BCUT2D eigenvalue weighted by Gasteiger charge is -2.20. The van der Waals surface area contributed by atoms with Crippen LogP contribution in [0.3, 0.4) is 0 Å². The number of nitrogens with zero attached hydrogens (tertiary/aromatic N) is 3. The molecule has 0 unspecified atom stereocenters. The molecule has 2 aliphatic heterocycles. The van der Waals surface area contributed by atoms with Crippen molar-refractivity contribution in [2.24, 2.45) is 11.8 Å². The second-order valence-corrected chi connectivity index (χ2v) is 6.79. The molecule has 2 aliphatic rings. The van der Waals surface area contributed by atoms with Crippen molar-refractivity contribution in [1.82, 2.24) is 14.9 Å². The van der Waals surface area contributed by atoms with E-state index in [4.69, 9.17) is 4.74 Å². The Labute approximate surface area is 147 Å². The summed E-state index contributed by atoms with van der Waals surface area (Å²) in [6.07, 6.45) is 3.58. The van der Waals surface area contributed by atoms with Gasteiger partial charge in [-0.05, 0) is 31.2 Å². The molecule has 0 saturated carbocycles. The van der Waals surface area contributed by atoms with Crippen molar-refractivity contribution in [2.75, 3.05) is 31.6 Å². The number of carbonyl (C=O) groups is 1. The number of anilines is 1. The highest BCUT2D eigenvalue weighted by molar-refractivity contribution is 5.94. The zero-order valence-corrected chi connectivity index (χ0v) is 14.3. The van der Waals surface area contributed by atoms with Crippen LogP contribution >= 0.6 is 0 Å². The third-order valence-corrected chi connectivity index (χ3v) is 5.09. The molecule has 2 aromatic heterocycles. The molecule has 6 heteroatoms. The summed E-state index contributed by atoms with van der Waals surface area (Å²) in [4.78, 5) is 23.1. The van der Waals surface area contributed by atoms with E-state index >= 15 is 0 Å². The van der Waals surface area contributed by atoms with E-state index in [1.807, 2.05) is 42.2 Å². The quantitative estimate of drug-likeness (QED) is 0.923. The van der Waals surface area contributed by atoms with Crippen molar-refractivity contribution in [2.45, 2.75) is 13.0 Å². The molecular formula is C19H22N4O2. The van der Waals surface area contributed by atoms with Crippen LogP contribution in [0.5, 0.6) is 0 Å². The average molecular weight is 338 g/mol. The molecule has 0 bridgehead atoms. The molecule has 4 heterocycles. The SMILES string of the molecule is Cc1ccc(C(=O)N2C[C@@H]3[C@@H](CNc4ccccn4)CO[C@@H]3C2)cn1. The number of ether oxygens (including phenoxy) is 1. The summed E-state index contributed by atoms with van der Waals surface area (Å²) in [6.45, 7) is 4.88. The van der Waals surface area contributed by atoms with Crippen molar-refractivity contribution < 1.29 is 9.53 Å². The summed E-state index contributed by atoms with van der Waals surface area (Å²) in [6, 6.07) is 9.55. The molecule has 0 aromatic carbocycles. The third-order valence-electron chi connectivity index (χ3n) is 5.09. The minimum Gasteiger partial charge on any atom is -0.376 e. The van der Waals surface area contributed by atoms with Gasteiger partial charge in [-0.15, -0.1) is 0 Å². The molecule has 4 rings (SSSR count). The first kappa shape index (κ1) is 16.0. The van der Waals surface area contributed by atoms with Crippen LogP contribution in [0.15, 0.2) is 42.7 Å². The van der Waals surface area contributed by atoms with Crippen molar-refractivity contribution in [3.63, 3.8) is 0 Å². The Kier molecular flexibility index (Phi) is 4.36. The van der Waals surface area contributed by atoms with Gasteiger partial charge in [0, 0.05) is 49.6 Å². The number of hydrogen-bond acceptors (Lipinski definition) is 5. The Morgan fingerprint density at radius 1 is 1.28 bits per heavy atom. The van der Waals surface area contributed by atoms with E-state index in [2.05, 4.69) is 15.3 Å². The molecular weight excluding hydrogens is 316 g/mol. The summed E-state index contributed by atoms with van der Waals surface area (Å²) in [5, 5.41) is 3.38. The van der Waals surface area contributed by atoms with Gasteiger partial charge in [-0.1, -0.05) is 6.07 Å². The van der Waals surface area contributed by atoms with Gasteiger partial charge in [-0.25, -0.2) is 4.98 Å². The number of rotatable bonds is 4. The number of fused-ring (bicyclic) bond motifs is 1. The van der Waals surface area contributed by atoms with Crippen LogP contribution in [0.2, 0.25) is 0 Å². The number of amides is 1. The van der Waals surface area contributed by atoms with Crippen molar-refractivity contribution in [3.8, 4) is 0 Å². The number of pyridine rings is 2. The Morgan fingerprint density at radius 3 is 2.96 bits per heavy atom. The topological polar surface area (TPSA) is 67.4 Å². The third kappa shape index (κ3) is 3.35. The standard InChI is InChI=1S/C19H22N4O2/c1-13-5-6-14(8-21-13)19(24)23-10-16-15(12-25-17(16)11-23)9-22-18-4-2-3-7-20-18/h2-8,15-17H,9-12H2,1H3,(H,20,22)/t15-,16+,17+/m0/s1.